The summed E-state index contributed by atoms with van der Waals surface area (Å²) in [6.07, 6.45) is 0.876. The van der Waals surface area contributed by atoms with Crippen molar-refractivity contribution in [2.45, 2.75) is 25.7 Å². The van der Waals surface area contributed by atoms with Crippen molar-refractivity contribution in [1.82, 2.24) is 5.32 Å². The summed E-state index contributed by atoms with van der Waals surface area (Å²) < 4.78 is 5.16. The van der Waals surface area contributed by atoms with Crippen LogP contribution in [0.15, 0.2) is 53.5 Å². The fraction of sp³-hybridized carbons (Fsp3) is 0.350. The molecule has 2 aromatic rings. The summed E-state index contributed by atoms with van der Waals surface area (Å²) in [5, 5.41) is 3.91. The molecule has 0 saturated carbocycles. The Kier molecular flexibility index (Phi) is 6.71. The fourth-order valence-electron chi connectivity index (χ4n) is 2.46. The number of nitrogens with zero attached hydrogens (tertiary/aromatic N) is 1. The minimum absolute atomic E-state index is 0.104. The van der Waals surface area contributed by atoms with Crippen LogP contribution >= 0.6 is 11.6 Å². The lowest BCUT2D eigenvalue weighted by Gasteiger charge is -2.23. The van der Waals surface area contributed by atoms with Crippen LogP contribution in [0, 0.1) is 0 Å². The number of aliphatic imine (C=N–C) groups is 1. The van der Waals surface area contributed by atoms with Crippen molar-refractivity contribution in [2.75, 3.05) is 20.2 Å². The highest BCUT2D eigenvalue weighted by Gasteiger charge is 2.20. The summed E-state index contributed by atoms with van der Waals surface area (Å²) in [7, 11) is 1.67. The first-order valence-corrected chi connectivity index (χ1v) is 8.71. The van der Waals surface area contributed by atoms with Crippen LogP contribution in [0.3, 0.4) is 0 Å². The third-order valence-corrected chi connectivity index (χ3v) is 4.40. The van der Waals surface area contributed by atoms with E-state index >= 15 is 0 Å². The molecule has 0 radical (unpaired) electrons. The molecule has 134 valence electrons. The van der Waals surface area contributed by atoms with E-state index in [1.165, 1.54) is 11.1 Å². The highest BCUT2D eigenvalue weighted by molar-refractivity contribution is 6.30. The lowest BCUT2D eigenvalue weighted by Crippen LogP contribution is -2.35. The minimum atomic E-state index is -0.104. The Bertz CT molecular complexity index is 694. The average molecular weight is 360 g/mol. The van der Waals surface area contributed by atoms with Crippen molar-refractivity contribution >= 4 is 17.6 Å². The van der Waals surface area contributed by atoms with Crippen LogP contribution in [0.25, 0.3) is 0 Å². The first kappa shape index (κ1) is 19.1. The van der Waals surface area contributed by atoms with Crippen LogP contribution in [0.1, 0.15) is 25.0 Å². The SMILES string of the molecule is COc1ccc(CCNC(N)=NCC(C)(C)c2ccc(Cl)cc2)cc1. The van der Waals surface area contributed by atoms with Gasteiger partial charge >= 0.3 is 0 Å². The largest absolute Gasteiger partial charge is 0.497 e. The molecular formula is C20H26ClN3O. The third-order valence-electron chi connectivity index (χ3n) is 4.15. The van der Waals surface area contributed by atoms with Crippen molar-refractivity contribution in [3.63, 3.8) is 0 Å². The monoisotopic (exact) mass is 359 g/mol. The number of ether oxygens (including phenoxy) is 1. The molecular weight excluding hydrogens is 334 g/mol. The number of hydrogen-bond acceptors (Lipinski definition) is 2. The average Bonchev–Trinajstić information content (AvgIpc) is 2.61. The first-order valence-electron chi connectivity index (χ1n) is 8.33. The molecule has 0 aliphatic heterocycles. The van der Waals surface area contributed by atoms with Crippen molar-refractivity contribution < 1.29 is 4.74 Å². The van der Waals surface area contributed by atoms with Gasteiger partial charge in [-0.1, -0.05) is 49.7 Å². The Balaban J connectivity index is 1.83. The number of guanidine groups is 1. The van der Waals surface area contributed by atoms with Crippen molar-refractivity contribution in [3.8, 4) is 5.75 Å². The highest BCUT2D eigenvalue weighted by Crippen LogP contribution is 2.24. The van der Waals surface area contributed by atoms with E-state index in [2.05, 4.69) is 36.3 Å². The van der Waals surface area contributed by atoms with Gasteiger partial charge in [0.15, 0.2) is 5.96 Å². The zero-order valence-corrected chi connectivity index (χ0v) is 15.8. The maximum Gasteiger partial charge on any atom is 0.188 e. The van der Waals surface area contributed by atoms with Crippen LogP contribution in [-0.4, -0.2) is 26.2 Å². The molecule has 0 aliphatic carbocycles. The fourth-order valence-corrected chi connectivity index (χ4v) is 2.58. The Hall–Kier alpha value is -2.20. The summed E-state index contributed by atoms with van der Waals surface area (Å²) >= 11 is 5.95. The summed E-state index contributed by atoms with van der Waals surface area (Å²) in [6.45, 7) is 5.63. The normalized spacial score (nSPS) is 12.1. The second-order valence-electron chi connectivity index (χ2n) is 6.62. The van der Waals surface area contributed by atoms with E-state index in [-0.39, 0.29) is 5.41 Å². The summed E-state index contributed by atoms with van der Waals surface area (Å²) in [6, 6.07) is 15.9. The third kappa shape index (κ3) is 5.98. The van der Waals surface area contributed by atoms with Crippen LogP contribution in [-0.2, 0) is 11.8 Å². The number of halogens is 1. The van der Waals surface area contributed by atoms with E-state index in [1.807, 2.05) is 36.4 Å². The smallest absolute Gasteiger partial charge is 0.188 e. The van der Waals surface area contributed by atoms with E-state index in [1.54, 1.807) is 7.11 Å². The summed E-state index contributed by atoms with van der Waals surface area (Å²) in [5.74, 6) is 1.33. The topological polar surface area (TPSA) is 59.6 Å². The molecule has 0 fully saturated rings. The number of benzene rings is 2. The van der Waals surface area contributed by atoms with E-state index in [4.69, 9.17) is 22.1 Å². The molecule has 0 amide bonds. The van der Waals surface area contributed by atoms with Crippen molar-refractivity contribution in [3.05, 3.63) is 64.7 Å². The molecule has 0 heterocycles. The Morgan fingerprint density at radius 2 is 1.76 bits per heavy atom. The van der Waals surface area contributed by atoms with Gasteiger partial charge in [0.1, 0.15) is 5.75 Å². The second-order valence-corrected chi connectivity index (χ2v) is 7.05. The standard InChI is InChI=1S/C20H26ClN3O/c1-20(2,16-6-8-17(21)9-7-16)14-24-19(22)23-13-12-15-4-10-18(25-3)11-5-15/h4-11H,12-14H2,1-3H3,(H3,22,23,24). The minimum Gasteiger partial charge on any atom is -0.497 e. The van der Waals surface area contributed by atoms with E-state index in [0.29, 0.717) is 12.5 Å². The quantitative estimate of drug-likeness (QED) is 0.584. The molecule has 0 aliphatic rings. The van der Waals surface area contributed by atoms with Gasteiger partial charge in [0.25, 0.3) is 0 Å². The van der Waals surface area contributed by atoms with Crippen LogP contribution in [0.2, 0.25) is 5.02 Å². The predicted octanol–water partition coefficient (Wildman–Crippen LogP) is 3.77. The molecule has 4 nitrogen and oxygen atoms in total. The number of nitrogens with two attached hydrogens (primary N) is 1. The van der Waals surface area contributed by atoms with Crippen LogP contribution in [0.5, 0.6) is 5.75 Å². The highest BCUT2D eigenvalue weighted by atomic mass is 35.5. The maximum atomic E-state index is 5.99. The molecule has 0 atom stereocenters. The van der Waals surface area contributed by atoms with Gasteiger partial charge in [0, 0.05) is 17.0 Å². The van der Waals surface area contributed by atoms with E-state index < -0.39 is 0 Å². The molecule has 3 N–H and O–H groups in total. The molecule has 2 aromatic carbocycles. The predicted molar refractivity (Wildman–Crippen MR) is 106 cm³/mol. The molecule has 0 unspecified atom stereocenters. The zero-order chi connectivity index (χ0) is 18.3. The molecule has 0 aromatic heterocycles. The molecule has 2 rings (SSSR count). The molecule has 0 spiro atoms. The lowest BCUT2D eigenvalue weighted by molar-refractivity contribution is 0.414. The van der Waals surface area contributed by atoms with Gasteiger partial charge in [-0.3, -0.25) is 4.99 Å². The van der Waals surface area contributed by atoms with Gasteiger partial charge in [0.05, 0.1) is 13.7 Å². The van der Waals surface area contributed by atoms with Gasteiger partial charge < -0.3 is 15.8 Å². The number of methoxy groups -OCH3 is 1. The van der Waals surface area contributed by atoms with E-state index in [0.717, 1.165) is 23.7 Å². The Labute approximate surface area is 155 Å². The summed E-state index contributed by atoms with van der Waals surface area (Å²) in [4.78, 5) is 4.48. The summed E-state index contributed by atoms with van der Waals surface area (Å²) in [5.41, 5.74) is 8.30. The molecule has 0 saturated heterocycles. The molecule has 25 heavy (non-hydrogen) atoms. The van der Waals surface area contributed by atoms with Gasteiger partial charge in [-0.2, -0.15) is 0 Å². The number of rotatable bonds is 7. The van der Waals surface area contributed by atoms with E-state index in [9.17, 15) is 0 Å². The first-order chi connectivity index (χ1) is 11.9. The van der Waals surface area contributed by atoms with Crippen LogP contribution in [0.4, 0.5) is 0 Å². The van der Waals surface area contributed by atoms with Crippen molar-refractivity contribution in [2.24, 2.45) is 10.7 Å². The maximum absolute atomic E-state index is 5.99. The van der Waals surface area contributed by atoms with Gasteiger partial charge in [-0.05, 0) is 41.8 Å². The Morgan fingerprint density at radius 3 is 2.36 bits per heavy atom. The van der Waals surface area contributed by atoms with Gasteiger partial charge in [-0.15, -0.1) is 0 Å². The molecule has 5 heteroatoms. The van der Waals surface area contributed by atoms with Gasteiger partial charge in [0.2, 0.25) is 0 Å². The number of hydrogen-bond donors (Lipinski definition) is 2. The zero-order valence-electron chi connectivity index (χ0n) is 15.1. The van der Waals surface area contributed by atoms with Crippen LogP contribution < -0.4 is 15.8 Å². The molecule has 0 bridgehead atoms. The van der Waals surface area contributed by atoms with Gasteiger partial charge in [-0.25, -0.2) is 0 Å². The lowest BCUT2D eigenvalue weighted by atomic mass is 9.85. The van der Waals surface area contributed by atoms with Crippen molar-refractivity contribution in [1.29, 1.82) is 0 Å². The number of nitrogens with one attached hydrogen (secondary N) is 1. The second kappa shape index (κ2) is 8.77. The Morgan fingerprint density at radius 1 is 1.12 bits per heavy atom.